The molecule has 0 fully saturated rings. The number of rotatable bonds is 6. The molecule has 6 nitrogen and oxygen atoms in total. The lowest BCUT2D eigenvalue weighted by Crippen LogP contribution is -2.25. The largest absolute Gasteiger partial charge is 0.481 e. The van der Waals surface area contributed by atoms with Crippen molar-refractivity contribution in [1.29, 1.82) is 0 Å². The number of carbonyl (C=O) groups excluding carboxylic acids is 2. The molecule has 0 aromatic rings. The summed E-state index contributed by atoms with van der Waals surface area (Å²) in [4.78, 5) is 33.6. The zero-order valence-corrected chi connectivity index (χ0v) is 10.6. The van der Waals surface area contributed by atoms with Crippen molar-refractivity contribution in [2.45, 2.75) is 19.3 Å². The van der Waals surface area contributed by atoms with Gasteiger partial charge in [0.15, 0.2) is 0 Å². The van der Waals surface area contributed by atoms with Crippen molar-refractivity contribution in [1.82, 2.24) is 0 Å². The highest BCUT2D eigenvalue weighted by Crippen LogP contribution is 2.23. The first-order chi connectivity index (χ1) is 9.06. The third kappa shape index (κ3) is 4.57. The molecule has 0 amide bonds. The molecule has 1 rings (SSSR count). The van der Waals surface area contributed by atoms with E-state index in [1.165, 1.54) is 13.2 Å². The maximum absolute atomic E-state index is 11.8. The van der Waals surface area contributed by atoms with E-state index in [4.69, 9.17) is 9.84 Å². The molecule has 0 heterocycles. The lowest BCUT2D eigenvalue weighted by molar-refractivity contribution is -0.148. The number of carbonyl (C=O) groups is 3. The van der Waals surface area contributed by atoms with Gasteiger partial charge in [-0.2, -0.15) is 0 Å². The smallest absolute Gasteiger partial charge is 0.334 e. The fourth-order valence-electron chi connectivity index (χ4n) is 1.68. The second-order valence-electron chi connectivity index (χ2n) is 3.99. The van der Waals surface area contributed by atoms with Gasteiger partial charge in [0, 0.05) is 6.42 Å². The Morgan fingerprint density at radius 2 is 2.16 bits per heavy atom. The van der Waals surface area contributed by atoms with Gasteiger partial charge in [-0.3, -0.25) is 9.59 Å². The lowest BCUT2D eigenvalue weighted by Gasteiger charge is -2.17. The number of hydrogen-bond donors (Lipinski definition) is 1. The van der Waals surface area contributed by atoms with Gasteiger partial charge >= 0.3 is 17.9 Å². The van der Waals surface area contributed by atoms with Crippen LogP contribution in [0.5, 0.6) is 0 Å². The Hall–Kier alpha value is -2.11. The molecule has 104 valence electrons. The van der Waals surface area contributed by atoms with Gasteiger partial charge in [-0.15, -0.1) is 0 Å². The standard InChI is InChI=1S/C13H16O6/c1-18-12(16)9-5-2-3-6-10(9)13(17)19-8-4-7-11(14)15/h2-3,6,9H,4-5,7-8H2,1H3,(H,14,15). The molecule has 1 unspecified atom stereocenters. The summed E-state index contributed by atoms with van der Waals surface area (Å²) in [5.41, 5.74) is 0.240. The fraction of sp³-hybridized carbons (Fsp3) is 0.462. The van der Waals surface area contributed by atoms with Crippen LogP contribution in [-0.4, -0.2) is 36.7 Å². The summed E-state index contributed by atoms with van der Waals surface area (Å²) in [7, 11) is 1.26. The maximum Gasteiger partial charge on any atom is 0.334 e. The van der Waals surface area contributed by atoms with Gasteiger partial charge in [0.05, 0.1) is 25.2 Å². The molecule has 1 atom stereocenters. The van der Waals surface area contributed by atoms with Crippen LogP contribution in [-0.2, 0) is 23.9 Å². The van der Waals surface area contributed by atoms with Crippen LogP contribution in [0.25, 0.3) is 0 Å². The average molecular weight is 268 g/mol. The van der Waals surface area contributed by atoms with Gasteiger partial charge in [0.1, 0.15) is 0 Å². The van der Waals surface area contributed by atoms with Crippen LogP contribution >= 0.6 is 0 Å². The van der Waals surface area contributed by atoms with E-state index >= 15 is 0 Å². The van der Waals surface area contributed by atoms with Crippen molar-refractivity contribution >= 4 is 17.9 Å². The van der Waals surface area contributed by atoms with Gasteiger partial charge in [0.25, 0.3) is 0 Å². The van der Waals surface area contributed by atoms with Gasteiger partial charge in [-0.25, -0.2) is 4.79 Å². The van der Waals surface area contributed by atoms with Gasteiger partial charge in [-0.1, -0.05) is 18.2 Å². The second kappa shape index (κ2) is 7.35. The number of ether oxygens (including phenoxy) is 2. The van der Waals surface area contributed by atoms with E-state index in [1.54, 1.807) is 12.2 Å². The molecule has 0 saturated carbocycles. The molecule has 0 aliphatic heterocycles. The quantitative estimate of drug-likeness (QED) is 0.572. The topological polar surface area (TPSA) is 89.9 Å². The average Bonchev–Trinajstić information content (AvgIpc) is 2.42. The summed E-state index contributed by atoms with van der Waals surface area (Å²) < 4.78 is 9.57. The number of esters is 2. The van der Waals surface area contributed by atoms with E-state index in [0.717, 1.165) is 0 Å². The third-order valence-corrected chi connectivity index (χ3v) is 2.65. The number of allylic oxidation sites excluding steroid dienone is 3. The van der Waals surface area contributed by atoms with Crippen LogP contribution in [0.1, 0.15) is 19.3 Å². The summed E-state index contributed by atoms with van der Waals surface area (Å²) in [5.74, 6) is -2.69. The van der Waals surface area contributed by atoms with Crippen molar-refractivity contribution in [3.05, 3.63) is 23.8 Å². The van der Waals surface area contributed by atoms with E-state index in [9.17, 15) is 14.4 Å². The van der Waals surface area contributed by atoms with E-state index in [1.807, 2.05) is 0 Å². The molecule has 0 aromatic carbocycles. The van der Waals surface area contributed by atoms with Crippen molar-refractivity contribution in [2.75, 3.05) is 13.7 Å². The summed E-state index contributed by atoms with van der Waals surface area (Å²) in [6.45, 7) is 0.0140. The summed E-state index contributed by atoms with van der Waals surface area (Å²) in [6, 6.07) is 0. The molecule has 0 radical (unpaired) electrons. The Morgan fingerprint density at radius 1 is 1.42 bits per heavy atom. The molecule has 19 heavy (non-hydrogen) atoms. The Bertz CT molecular complexity index is 421. The summed E-state index contributed by atoms with van der Waals surface area (Å²) in [5, 5.41) is 8.45. The second-order valence-corrected chi connectivity index (χ2v) is 3.99. The number of hydrogen-bond acceptors (Lipinski definition) is 5. The molecule has 0 spiro atoms. The Labute approximate surface area is 110 Å². The highest BCUT2D eigenvalue weighted by molar-refractivity contribution is 5.96. The minimum absolute atomic E-state index is 0.0140. The molecule has 0 bridgehead atoms. The van der Waals surface area contributed by atoms with E-state index in [2.05, 4.69) is 4.74 Å². The highest BCUT2D eigenvalue weighted by atomic mass is 16.5. The third-order valence-electron chi connectivity index (χ3n) is 2.65. The molecule has 1 aliphatic carbocycles. The predicted octanol–water partition coefficient (Wildman–Crippen LogP) is 1.07. The van der Waals surface area contributed by atoms with Crippen LogP contribution < -0.4 is 0 Å². The van der Waals surface area contributed by atoms with Crippen LogP contribution in [0.4, 0.5) is 0 Å². The molecule has 0 aromatic heterocycles. The van der Waals surface area contributed by atoms with Gasteiger partial charge < -0.3 is 14.6 Å². The minimum Gasteiger partial charge on any atom is -0.481 e. The SMILES string of the molecule is COC(=O)C1CC=CC=C1C(=O)OCCCC(=O)O. The minimum atomic E-state index is -0.941. The van der Waals surface area contributed by atoms with E-state index in [-0.39, 0.29) is 25.0 Å². The molecule has 6 heteroatoms. The molecule has 0 saturated heterocycles. The van der Waals surface area contributed by atoms with Gasteiger partial charge in [0.2, 0.25) is 0 Å². The van der Waals surface area contributed by atoms with E-state index < -0.39 is 23.8 Å². The number of carboxylic acid groups (broad SMARTS) is 1. The van der Waals surface area contributed by atoms with Crippen LogP contribution in [0.3, 0.4) is 0 Å². The molecule has 1 N–H and O–H groups in total. The molecular weight excluding hydrogens is 252 g/mol. The van der Waals surface area contributed by atoms with E-state index in [0.29, 0.717) is 6.42 Å². The molecular formula is C13H16O6. The van der Waals surface area contributed by atoms with Crippen molar-refractivity contribution in [2.24, 2.45) is 5.92 Å². The highest BCUT2D eigenvalue weighted by Gasteiger charge is 2.29. The first-order valence-corrected chi connectivity index (χ1v) is 5.89. The van der Waals surface area contributed by atoms with Crippen molar-refractivity contribution < 1.29 is 29.0 Å². The first kappa shape index (κ1) is 14.9. The van der Waals surface area contributed by atoms with Gasteiger partial charge in [-0.05, 0) is 12.8 Å². The Morgan fingerprint density at radius 3 is 2.79 bits per heavy atom. The van der Waals surface area contributed by atoms with Crippen molar-refractivity contribution in [3.8, 4) is 0 Å². The zero-order chi connectivity index (χ0) is 14.3. The Balaban J connectivity index is 2.53. The first-order valence-electron chi connectivity index (χ1n) is 5.89. The number of aliphatic carboxylic acids is 1. The predicted molar refractivity (Wildman–Crippen MR) is 65.2 cm³/mol. The zero-order valence-electron chi connectivity index (χ0n) is 10.6. The van der Waals surface area contributed by atoms with Crippen LogP contribution in [0, 0.1) is 5.92 Å². The Kier molecular flexibility index (Phi) is 5.78. The number of carboxylic acids is 1. The maximum atomic E-state index is 11.8. The summed E-state index contributed by atoms with van der Waals surface area (Å²) >= 11 is 0. The fourth-order valence-corrected chi connectivity index (χ4v) is 1.68. The monoisotopic (exact) mass is 268 g/mol. The van der Waals surface area contributed by atoms with Crippen molar-refractivity contribution in [3.63, 3.8) is 0 Å². The van der Waals surface area contributed by atoms with Crippen LogP contribution in [0.15, 0.2) is 23.8 Å². The lowest BCUT2D eigenvalue weighted by atomic mass is 9.91. The summed E-state index contributed by atoms with van der Waals surface area (Å²) in [6.07, 6.45) is 5.53. The van der Waals surface area contributed by atoms with Crippen LogP contribution in [0.2, 0.25) is 0 Å². The molecule has 1 aliphatic rings. The number of methoxy groups -OCH3 is 1. The normalized spacial score (nSPS) is 17.5.